The van der Waals surface area contributed by atoms with Crippen LogP contribution in [-0.4, -0.2) is 34.7 Å². The van der Waals surface area contributed by atoms with Gasteiger partial charge in [0.1, 0.15) is 11.6 Å². The fraction of sp³-hybridized carbons (Fsp3) is 0.250. The molecule has 1 amide bonds. The van der Waals surface area contributed by atoms with Gasteiger partial charge in [-0.05, 0) is 48.2 Å². The number of amides is 1. The van der Waals surface area contributed by atoms with Gasteiger partial charge < -0.3 is 21.9 Å². The number of carbonyl (C=O) groups excluding carboxylic acids is 1. The number of aromatic nitrogens is 1. The summed E-state index contributed by atoms with van der Waals surface area (Å²) >= 11 is 5.99. The molecule has 0 fully saturated rings. The highest BCUT2D eigenvalue weighted by Crippen LogP contribution is 2.30. The van der Waals surface area contributed by atoms with E-state index in [4.69, 9.17) is 28.2 Å². The van der Waals surface area contributed by atoms with Crippen molar-refractivity contribution in [1.82, 2.24) is 4.98 Å². The molecule has 0 aliphatic heterocycles. The molecule has 9 heteroatoms. The van der Waals surface area contributed by atoms with Crippen LogP contribution in [0.1, 0.15) is 29.0 Å². The minimum atomic E-state index is -1.14. The Labute approximate surface area is 195 Å². The molecular weight excluding hydrogens is 450 g/mol. The van der Waals surface area contributed by atoms with Crippen molar-refractivity contribution in [1.29, 1.82) is 0 Å². The Bertz CT molecular complexity index is 1100. The van der Waals surface area contributed by atoms with Crippen LogP contribution >= 0.6 is 11.6 Å². The Morgan fingerprint density at radius 1 is 1.09 bits per heavy atom. The third-order valence-corrected chi connectivity index (χ3v) is 5.61. The molecule has 0 unspecified atom stereocenters. The molecule has 3 atom stereocenters. The quantitative estimate of drug-likeness (QED) is 0.379. The molecule has 0 aliphatic carbocycles. The number of benzene rings is 2. The van der Waals surface area contributed by atoms with Gasteiger partial charge in [0.15, 0.2) is 0 Å². The van der Waals surface area contributed by atoms with E-state index in [1.807, 2.05) is 0 Å². The molecule has 0 aliphatic rings. The third-order valence-electron chi connectivity index (χ3n) is 5.36. The van der Waals surface area contributed by atoms with Gasteiger partial charge in [-0.1, -0.05) is 35.9 Å². The van der Waals surface area contributed by atoms with Crippen LogP contribution in [0.2, 0.25) is 5.02 Å². The Morgan fingerprint density at radius 3 is 2.48 bits per heavy atom. The molecule has 6 N–H and O–H groups in total. The van der Waals surface area contributed by atoms with Crippen molar-refractivity contribution in [2.24, 2.45) is 11.5 Å². The third kappa shape index (κ3) is 6.33. The lowest BCUT2D eigenvalue weighted by Crippen LogP contribution is -2.41. The highest BCUT2D eigenvalue weighted by Gasteiger charge is 2.29. The molecule has 0 bridgehead atoms. The van der Waals surface area contributed by atoms with Crippen molar-refractivity contribution in [2.75, 3.05) is 11.9 Å². The van der Waals surface area contributed by atoms with Crippen molar-refractivity contribution >= 4 is 23.2 Å². The lowest BCUT2D eigenvalue weighted by Gasteiger charge is -2.25. The van der Waals surface area contributed by atoms with Gasteiger partial charge in [0.25, 0.3) is 0 Å². The standard InChI is InChI=1S/C24H25ClF2N4O2/c25-16-6-4-14(5-7-16)22(15-2-1-3-17(26)10-15)23(29)24(33)31-21-12-30-11-20(27)19(21)9-8-18(28)13-32/h1-7,10-12,18,22-23,32H,8-9,13,28-29H2,(H,31,33)/t18-,22-,23-/m0/s1. The average Bonchev–Trinajstić information content (AvgIpc) is 2.80. The molecule has 1 aromatic heterocycles. The smallest absolute Gasteiger partial charge is 0.242 e. The predicted octanol–water partition coefficient (Wildman–Crippen LogP) is 3.36. The minimum Gasteiger partial charge on any atom is -0.395 e. The van der Waals surface area contributed by atoms with Crippen molar-refractivity contribution < 1.29 is 18.7 Å². The van der Waals surface area contributed by atoms with E-state index < -0.39 is 35.5 Å². The summed E-state index contributed by atoms with van der Waals surface area (Å²) in [5.41, 5.74) is 13.6. The summed E-state index contributed by atoms with van der Waals surface area (Å²) in [5.74, 6) is -2.35. The predicted molar refractivity (Wildman–Crippen MR) is 124 cm³/mol. The normalized spacial score (nSPS) is 13.9. The molecule has 1 heterocycles. The van der Waals surface area contributed by atoms with Gasteiger partial charge in [0.2, 0.25) is 5.91 Å². The van der Waals surface area contributed by atoms with Gasteiger partial charge in [-0.25, -0.2) is 8.78 Å². The van der Waals surface area contributed by atoms with Crippen LogP contribution in [-0.2, 0) is 11.2 Å². The maximum absolute atomic E-state index is 14.4. The summed E-state index contributed by atoms with van der Waals surface area (Å²) in [6.45, 7) is -0.240. The number of nitrogens with zero attached hydrogens (tertiary/aromatic N) is 1. The van der Waals surface area contributed by atoms with Crippen LogP contribution in [0.15, 0.2) is 60.9 Å². The van der Waals surface area contributed by atoms with Crippen molar-refractivity contribution in [3.05, 3.63) is 94.3 Å². The van der Waals surface area contributed by atoms with Crippen LogP contribution < -0.4 is 16.8 Å². The van der Waals surface area contributed by atoms with E-state index >= 15 is 0 Å². The zero-order chi connectivity index (χ0) is 24.0. The Morgan fingerprint density at radius 2 is 1.82 bits per heavy atom. The zero-order valence-electron chi connectivity index (χ0n) is 17.7. The number of rotatable bonds is 9. The largest absolute Gasteiger partial charge is 0.395 e. The molecule has 0 saturated carbocycles. The SMILES string of the molecule is N[C@H](CO)CCc1c(F)cncc1NC(=O)[C@@H](N)[C@@H](c1ccc(Cl)cc1)c1cccc(F)c1. The minimum absolute atomic E-state index is 0.162. The summed E-state index contributed by atoms with van der Waals surface area (Å²) in [4.78, 5) is 17.0. The number of hydrogen-bond acceptors (Lipinski definition) is 5. The molecule has 0 spiro atoms. The fourth-order valence-corrected chi connectivity index (χ4v) is 3.72. The molecular formula is C24H25ClF2N4O2. The number of hydrogen-bond donors (Lipinski definition) is 4. The molecule has 0 radical (unpaired) electrons. The summed E-state index contributed by atoms with van der Waals surface area (Å²) in [6, 6.07) is 10.9. The van der Waals surface area contributed by atoms with Gasteiger partial charge in [0.05, 0.1) is 30.7 Å². The molecule has 3 aromatic rings. The first-order valence-corrected chi connectivity index (χ1v) is 10.7. The molecule has 33 heavy (non-hydrogen) atoms. The maximum Gasteiger partial charge on any atom is 0.242 e. The molecule has 0 saturated heterocycles. The number of nitrogens with two attached hydrogens (primary N) is 2. The summed E-state index contributed by atoms with van der Waals surface area (Å²) < 4.78 is 28.4. The Kier molecular flexibility index (Phi) is 8.46. The lowest BCUT2D eigenvalue weighted by atomic mass is 9.85. The number of halogens is 3. The van der Waals surface area contributed by atoms with Crippen LogP contribution in [0.4, 0.5) is 14.5 Å². The van der Waals surface area contributed by atoms with Gasteiger partial charge >= 0.3 is 0 Å². The Hall–Kier alpha value is -2.91. The van der Waals surface area contributed by atoms with Gasteiger partial charge in [-0.2, -0.15) is 0 Å². The second kappa shape index (κ2) is 11.3. The highest BCUT2D eigenvalue weighted by molar-refractivity contribution is 6.30. The van der Waals surface area contributed by atoms with Crippen LogP contribution in [0.5, 0.6) is 0 Å². The number of carbonyl (C=O) groups is 1. The monoisotopic (exact) mass is 474 g/mol. The van der Waals surface area contributed by atoms with E-state index in [0.717, 1.165) is 6.20 Å². The van der Waals surface area contributed by atoms with Gasteiger partial charge in [0, 0.05) is 22.5 Å². The van der Waals surface area contributed by atoms with E-state index in [1.165, 1.54) is 24.4 Å². The molecule has 6 nitrogen and oxygen atoms in total. The van der Waals surface area contributed by atoms with E-state index in [0.29, 0.717) is 22.6 Å². The average molecular weight is 475 g/mol. The van der Waals surface area contributed by atoms with Crippen molar-refractivity contribution in [2.45, 2.75) is 30.8 Å². The van der Waals surface area contributed by atoms with E-state index in [1.54, 1.807) is 30.3 Å². The van der Waals surface area contributed by atoms with E-state index in [-0.39, 0.29) is 24.3 Å². The number of anilines is 1. The summed E-state index contributed by atoms with van der Waals surface area (Å²) in [5, 5.41) is 12.3. The van der Waals surface area contributed by atoms with Crippen LogP contribution in [0.25, 0.3) is 0 Å². The van der Waals surface area contributed by atoms with E-state index in [2.05, 4.69) is 10.3 Å². The second-order valence-corrected chi connectivity index (χ2v) is 8.16. The first-order chi connectivity index (χ1) is 15.8. The number of aliphatic hydroxyl groups is 1. The Balaban J connectivity index is 1.90. The van der Waals surface area contributed by atoms with Gasteiger partial charge in [-0.3, -0.25) is 9.78 Å². The highest BCUT2D eigenvalue weighted by atomic mass is 35.5. The lowest BCUT2D eigenvalue weighted by molar-refractivity contribution is -0.117. The van der Waals surface area contributed by atoms with Crippen LogP contribution in [0.3, 0.4) is 0 Å². The number of aliphatic hydroxyl groups excluding tert-OH is 1. The number of pyridine rings is 1. The number of nitrogens with one attached hydrogen (secondary N) is 1. The first kappa shape index (κ1) is 24.7. The van der Waals surface area contributed by atoms with Gasteiger partial charge in [-0.15, -0.1) is 0 Å². The summed E-state index contributed by atoms with van der Waals surface area (Å²) in [7, 11) is 0. The molecule has 3 rings (SSSR count). The maximum atomic E-state index is 14.4. The van der Waals surface area contributed by atoms with E-state index in [9.17, 15) is 13.6 Å². The first-order valence-electron chi connectivity index (χ1n) is 10.4. The fourth-order valence-electron chi connectivity index (χ4n) is 3.59. The second-order valence-electron chi connectivity index (χ2n) is 7.73. The molecule has 2 aromatic carbocycles. The zero-order valence-corrected chi connectivity index (χ0v) is 18.5. The van der Waals surface area contributed by atoms with Crippen LogP contribution in [0, 0.1) is 11.6 Å². The topological polar surface area (TPSA) is 114 Å². The molecule has 174 valence electrons. The summed E-state index contributed by atoms with van der Waals surface area (Å²) in [6.07, 6.45) is 2.86. The van der Waals surface area contributed by atoms with Crippen molar-refractivity contribution in [3.63, 3.8) is 0 Å². The van der Waals surface area contributed by atoms with Crippen molar-refractivity contribution in [3.8, 4) is 0 Å².